The molecule has 2 nitrogen and oxygen atoms in total. The summed E-state index contributed by atoms with van der Waals surface area (Å²) in [5, 5.41) is 0. The van der Waals surface area contributed by atoms with Crippen molar-refractivity contribution in [1.29, 1.82) is 0 Å². The lowest BCUT2D eigenvalue weighted by molar-refractivity contribution is 0.344. The van der Waals surface area contributed by atoms with Crippen LogP contribution in [0.3, 0.4) is 0 Å². The minimum absolute atomic E-state index is 0.334. The Balaban J connectivity index is 2.88. The molecule has 1 rings (SSSR count). The fraction of sp³-hybridized carbons (Fsp3) is 0.409. The van der Waals surface area contributed by atoms with Gasteiger partial charge < -0.3 is 4.90 Å². The monoisotopic (exact) mass is 324 g/mol. The molecule has 0 heterocycles. The summed E-state index contributed by atoms with van der Waals surface area (Å²) >= 11 is 0. The first-order chi connectivity index (χ1) is 11.2. The van der Waals surface area contributed by atoms with Crippen LogP contribution in [0.5, 0.6) is 0 Å². The number of nitrogens with zero attached hydrogens (tertiary/aromatic N) is 2. The molecule has 0 aromatic heterocycles. The molecule has 0 radical (unpaired) electrons. The van der Waals surface area contributed by atoms with Crippen LogP contribution in [-0.2, 0) is 0 Å². The summed E-state index contributed by atoms with van der Waals surface area (Å²) in [7, 11) is 2.09. The van der Waals surface area contributed by atoms with Crippen molar-refractivity contribution in [2.24, 2.45) is 4.99 Å². The van der Waals surface area contributed by atoms with E-state index >= 15 is 0 Å². The van der Waals surface area contributed by atoms with E-state index < -0.39 is 0 Å². The second-order valence-corrected chi connectivity index (χ2v) is 6.61. The van der Waals surface area contributed by atoms with Gasteiger partial charge in [0.1, 0.15) is 5.84 Å². The van der Waals surface area contributed by atoms with Gasteiger partial charge in [0.05, 0.1) is 5.70 Å². The average molecular weight is 325 g/mol. The van der Waals surface area contributed by atoms with E-state index in [9.17, 15) is 0 Å². The highest BCUT2D eigenvalue weighted by molar-refractivity contribution is 5.81. The summed E-state index contributed by atoms with van der Waals surface area (Å²) in [4.78, 5) is 6.88. The van der Waals surface area contributed by atoms with Crippen molar-refractivity contribution in [3.63, 3.8) is 0 Å². The Morgan fingerprint density at radius 1 is 1.12 bits per heavy atom. The van der Waals surface area contributed by atoms with Gasteiger partial charge in [-0.1, -0.05) is 56.0 Å². The summed E-state index contributed by atoms with van der Waals surface area (Å²) < 4.78 is 0. The van der Waals surface area contributed by atoms with Crippen LogP contribution in [0, 0.1) is 6.92 Å². The third kappa shape index (κ3) is 4.95. The van der Waals surface area contributed by atoms with E-state index in [1.165, 1.54) is 11.1 Å². The smallest absolute Gasteiger partial charge is 0.102 e. The fourth-order valence-electron chi connectivity index (χ4n) is 2.52. The maximum Gasteiger partial charge on any atom is 0.102 e. The second-order valence-electron chi connectivity index (χ2n) is 6.61. The molecule has 0 spiro atoms. The van der Waals surface area contributed by atoms with Gasteiger partial charge in [0, 0.05) is 19.0 Å². The minimum Gasteiger partial charge on any atom is -0.360 e. The standard InChI is InChI=1S/C22H32N2/c1-10-16(3)17(4)19(6)23-21(8)24(9)20(7)18(5)22-13-11-15(2)12-14-22/h10-14,18,20H,4,6H2,1-3,5,7-9H3/b16-10-,23-21?. The van der Waals surface area contributed by atoms with Crippen LogP contribution in [-0.4, -0.2) is 23.8 Å². The normalized spacial score (nSPS) is 15.0. The Morgan fingerprint density at radius 2 is 1.67 bits per heavy atom. The third-order valence-electron chi connectivity index (χ3n) is 5.00. The van der Waals surface area contributed by atoms with Gasteiger partial charge in [0.25, 0.3) is 0 Å². The second kappa shape index (κ2) is 8.68. The summed E-state index contributed by atoms with van der Waals surface area (Å²) in [5.74, 6) is 1.37. The largest absolute Gasteiger partial charge is 0.360 e. The predicted molar refractivity (Wildman–Crippen MR) is 108 cm³/mol. The number of likely N-dealkylation sites (N-methyl/N-ethyl adjacent to an activating group) is 1. The molecule has 0 saturated carbocycles. The zero-order chi connectivity index (χ0) is 18.4. The van der Waals surface area contributed by atoms with Crippen LogP contribution in [0.4, 0.5) is 0 Å². The van der Waals surface area contributed by atoms with Crippen molar-refractivity contribution in [3.8, 4) is 0 Å². The first-order valence-corrected chi connectivity index (χ1v) is 8.55. The van der Waals surface area contributed by atoms with Gasteiger partial charge in [-0.25, -0.2) is 4.99 Å². The number of rotatable bonds is 6. The van der Waals surface area contributed by atoms with Crippen LogP contribution in [0.1, 0.15) is 51.7 Å². The van der Waals surface area contributed by atoms with Gasteiger partial charge in [-0.15, -0.1) is 0 Å². The van der Waals surface area contributed by atoms with Crippen LogP contribution >= 0.6 is 0 Å². The van der Waals surface area contributed by atoms with Crippen molar-refractivity contribution < 1.29 is 0 Å². The lowest BCUT2D eigenvalue weighted by atomic mass is 9.93. The van der Waals surface area contributed by atoms with E-state index in [1.54, 1.807) is 0 Å². The molecule has 0 aliphatic carbocycles. The van der Waals surface area contributed by atoms with Crippen LogP contribution in [0.25, 0.3) is 0 Å². The van der Waals surface area contributed by atoms with E-state index in [2.05, 4.69) is 75.1 Å². The molecule has 0 bridgehead atoms. The van der Waals surface area contributed by atoms with Crippen LogP contribution in [0.15, 0.2) is 65.3 Å². The molecule has 1 aromatic carbocycles. The Hall–Kier alpha value is -2.09. The summed E-state index contributed by atoms with van der Waals surface area (Å²) in [6.45, 7) is 20.8. The van der Waals surface area contributed by atoms with Crippen LogP contribution in [0.2, 0.25) is 0 Å². The third-order valence-corrected chi connectivity index (χ3v) is 5.00. The fourth-order valence-corrected chi connectivity index (χ4v) is 2.52. The number of allylic oxidation sites excluding steroid dienone is 2. The molecule has 2 unspecified atom stereocenters. The number of aliphatic imine (C=N–C) groups is 1. The molecule has 130 valence electrons. The Bertz CT molecular complexity index is 647. The average Bonchev–Trinajstić information content (AvgIpc) is 2.58. The molecule has 2 atom stereocenters. The number of aryl methyl sites for hydroxylation is 1. The Morgan fingerprint density at radius 3 is 2.17 bits per heavy atom. The highest BCUT2D eigenvalue weighted by atomic mass is 15.2. The number of benzene rings is 1. The molecule has 0 N–H and O–H groups in total. The first-order valence-electron chi connectivity index (χ1n) is 8.55. The first kappa shape index (κ1) is 20.0. The molecule has 0 fully saturated rings. The van der Waals surface area contributed by atoms with Crippen LogP contribution < -0.4 is 0 Å². The zero-order valence-electron chi connectivity index (χ0n) is 16.4. The van der Waals surface area contributed by atoms with Gasteiger partial charge in [-0.3, -0.25) is 0 Å². The SMILES string of the molecule is C=C(N=C(C)N(C)C(C)C(C)c1ccc(C)cc1)C(=C)/C(C)=C\C. The van der Waals surface area contributed by atoms with Gasteiger partial charge in [-0.05, 0) is 51.3 Å². The molecule has 0 amide bonds. The highest BCUT2D eigenvalue weighted by Gasteiger charge is 2.19. The van der Waals surface area contributed by atoms with E-state index in [0.717, 1.165) is 22.7 Å². The highest BCUT2D eigenvalue weighted by Crippen LogP contribution is 2.24. The summed E-state index contributed by atoms with van der Waals surface area (Å²) in [6.07, 6.45) is 2.03. The number of hydrogen-bond donors (Lipinski definition) is 0. The molecule has 2 heteroatoms. The summed E-state index contributed by atoms with van der Waals surface area (Å²) in [6, 6.07) is 9.11. The molecular weight excluding hydrogens is 292 g/mol. The lowest BCUT2D eigenvalue weighted by Gasteiger charge is -2.32. The minimum atomic E-state index is 0.334. The topological polar surface area (TPSA) is 15.6 Å². The quantitative estimate of drug-likeness (QED) is 0.363. The van der Waals surface area contributed by atoms with Crippen molar-refractivity contribution in [1.82, 2.24) is 4.90 Å². The molecule has 0 aliphatic heterocycles. The van der Waals surface area contributed by atoms with Crippen molar-refractivity contribution in [2.75, 3.05) is 7.05 Å². The van der Waals surface area contributed by atoms with Gasteiger partial charge >= 0.3 is 0 Å². The molecular formula is C22H32N2. The maximum absolute atomic E-state index is 4.66. The molecule has 0 aliphatic rings. The van der Waals surface area contributed by atoms with E-state index in [1.807, 2.05) is 26.8 Å². The lowest BCUT2D eigenvalue weighted by Crippen LogP contribution is -2.37. The Labute approximate surface area is 148 Å². The zero-order valence-corrected chi connectivity index (χ0v) is 16.4. The van der Waals surface area contributed by atoms with Gasteiger partial charge in [-0.2, -0.15) is 0 Å². The maximum atomic E-state index is 4.66. The van der Waals surface area contributed by atoms with Gasteiger partial charge in [0.15, 0.2) is 0 Å². The van der Waals surface area contributed by atoms with Crippen molar-refractivity contribution >= 4 is 5.84 Å². The molecule has 0 saturated heterocycles. The van der Waals surface area contributed by atoms with Crippen molar-refractivity contribution in [2.45, 2.75) is 53.5 Å². The van der Waals surface area contributed by atoms with Gasteiger partial charge in [0.2, 0.25) is 0 Å². The molecule has 1 aromatic rings. The number of amidine groups is 1. The Kier molecular flexibility index (Phi) is 7.21. The van der Waals surface area contributed by atoms with E-state index in [-0.39, 0.29) is 0 Å². The van der Waals surface area contributed by atoms with Crippen molar-refractivity contribution in [3.05, 3.63) is 71.5 Å². The summed E-state index contributed by atoms with van der Waals surface area (Å²) in [5.41, 5.74) is 5.37. The van der Waals surface area contributed by atoms with E-state index in [4.69, 9.17) is 0 Å². The number of hydrogen-bond acceptors (Lipinski definition) is 1. The molecule has 24 heavy (non-hydrogen) atoms. The predicted octanol–water partition coefficient (Wildman–Crippen LogP) is 5.87. The van der Waals surface area contributed by atoms with E-state index in [0.29, 0.717) is 12.0 Å².